The van der Waals surface area contributed by atoms with E-state index in [9.17, 15) is 4.79 Å². The minimum absolute atomic E-state index is 0.0538. The molecule has 0 bridgehead atoms. The second-order valence-electron chi connectivity index (χ2n) is 2.73. The molecular weight excluding hydrogens is 196 g/mol. The van der Waals surface area contributed by atoms with Crippen LogP contribution in [0.1, 0.15) is 22.5 Å². The van der Waals surface area contributed by atoms with Crippen molar-refractivity contribution in [3.63, 3.8) is 0 Å². The summed E-state index contributed by atoms with van der Waals surface area (Å²) in [5.74, 6) is -0.0538. The van der Waals surface area contributed by atoms with Gasteiger partial charge in [-0.3, -0.25) is 4.79 Å². The minimum atomic E-state index is -0.0538. The predicted molar refractivity (Wildman–Crippen MR) is 47.6 cm³/mol. The molecule has 0 atom stereocenters. The van der Waals surface area contributed by atoms with Gasteiger partial charge < -0.3 is 5.32 Å². The molecule has 1 aromatic rings. The van der Waals surface area contributed by atoms with Crippen LogP contribution in [0.2, 0.25) is 4.47 Å². The molecule has 1 N–H and O–H groups in total. The van der Waals surface area contributed by atoms with Crippen molar-refractivity contribution >= 4 is 28.8 Å². The van der Waals surface area contributed by atoms with E-state index in [-0.39, 0.29) is 5.91 Å². The standard InChI is InChI=1S/C7H7ClN2OS/c8-7-9-3-5(12-7)6(11)10-4-1-2-4/h3-4H,1-2H2,(H,10,11). The van der Waals surface area contributed by atoms with Gasteiger partial charge in [0.2, 0.25) is 0 Å². The number of hydrogen-bond donors (Lipinski definition) is 1. The molecule has 12 heavy (non-hydrogen) atoms. The Bertz CT molecular complexity index is 308. The molecule has 0 aromatic carbocycles. The molecule has 1 aromatic heterocycles. The molecule has 64 valence electrons. The summed E-state index contributed by atoms with van der Waals surface area (Å²) in [5.41, 5.74) is 0. The Labute approximate surface area is 78.8 Å². The zero-order valence-corrected chi connectivity index (χ0v) is 7.78. The van der Waals surface area contributed by atoms with Gasteiger partial charge >= 0.3 is 0 Å². The third-order valence-corrected chi connectivity index (χ3v) is 2.73. The smallest absolute Gasteiger partial charge is 0.263 e. The Morgan fingerprint density at radius 2 is 2.50 bits per heavy atom. The number of nitrogens with one attached hydrogen (secondary N) is 1. The lowest BCUT2D eigenvalue weighted by atomic mass is 10.5. The SMILES string of the molecule is O=C(NC1CC1)c1cnc(Cl)s1. The van der Waals surface area contributed by atoms with Crippen LogP contribution in [0.3, 0.4) is 0 Å². The van der Waals surface area contributed by atoms with E-state index in [1.807, 2.05) is 0 Å². The Morgan fingerprint density at radius 1 is 1.75 bits per heavy atom. The van der Waals surface area contributed by atoms with Crippen LogP contribution in [0.25, 0.3) is 0 Å². The first kappa shape index (κ1) is 8.01. The van der Waals surface area contributed by atoms with E-state index in [1.54, 1.807) is 0 Å². The van der Waals surface area contributed by atoms with Crippen LogP contribution < -0.4 is 5.32 Å². The number of amides is 1. The minimum Gasteiger partial charge on any atom is -0.349 e. The number of nitrogens with zero attached hydrogens (tertiary/aromatic N) is 1. The molecular formula is C7H7ClN2OS. The molecule has 2 rings (SSSR count). The molecule has 0 radical (unpaired) electrons. The normalized spacial score (nSPS) is 16.1. The van der Waals surface area contributed by atoms with E-state index >= 15 is 0 Å². The third kappa shape index (κ3) is 1.76. The molecule has 0 unspecified atom stereocenters. The average molecular weight is 203 g/mol. The van der Waals surface area contributed by atoms with E-state index in [4.69, 9.17) is 11.6 Å². The highest BCUT2D eigenvalue weighted by atomic mass is 35.5. The number of carbonyl (C=O) groups excluding carboxylic acids is 1. The van der Waals surface area contributed by atoms with Crippen LogP contribution >= 0.6 is 22.9 Å². The van der Waals surface area contributed by atoms with Gasteiger partial charge in [0, 0.05) is 6.04 Å². The van der Waals surface area contributed by atoms with Gasteiger partial charge in [0.1, 0.15) is 4.88 Å². The van der Waals surface area contributed by atoms with Crippen LogP contribution in [0, 0.1) is 0 Å². The lowest BCUT2D eigenvalue weighted by Gasteiger charge is -1.97. The molecule has 0 spiro atoms. The maximum atomic E-state index is 11.3. The fourth-order valence-corrected chi connectivity index (χ4v) is 1.68. The number of aromatic nitrogens is 1. The van der Waals surface area contributed by atoms with Crippen molar-refractivity contribution in [2.45, 2.75) is 18.9 Å². The molecule has 1 fully saturated rings. The van der Waals surface area contributed by atoms with Gasteiger partial charge in [-0.15, -0.1) is 0 Å². The van der Waals surface area contributed by atoms with Gasteiger partial charge in [-0.1, -0.05) is 22.9 Å². The van der Waals surface area contributed by atoms with Crippen LogP contribution in [0.5, 0.6) is 0 Å². The quantitative estimate of drug-likeness (QED) is 0.793. The first-order chi connectivity index (χ1) is 5.75. The van der Waals surface area contributed by atoms with Gasteiger partial charge in [-0.25, -0.2) is 4.98 Å². The molecule has 0 aliphatic heterocycles. The fraction of sp³-hybridized carbons (Fsp3) is 0.429. The topological polar surface area (TPSA) is 42.0 Å². The summed E-state index contributed by atoms with van der Waals surface area (Å²) in [4.78, 5) is 15.7. The summed E-state index contributed by atoms with van der Waals surface area (Å²) < 4.78 is 0.413. The van der Waals surface area contributed by atoms with Crippen molar-refractivity contribution in [3.8, 4) is 0 Å². The predicted octanol–water partition coefficient (Wildman–Crippen LogP) is 1.69. The highest BCUT2D eigenvalue weighted by Gasteiger charge is 2.24. The van der Waals surface area contributed by atoms with Crippen LogP contribution in [0.4, 0.5) is 0 Å². The Kier molecular flexibility index (Phi) is 2.02. The maximum absolute atomic E-state index is 11.3. The zero-order valence-electron chi connectivity index (χ0n) is 6.21. The van der Waals surface area contributed by atoms with Crippen molar-refractivity contribution in [3.05, 3.63) is 15.5 Å². The Hall–Kier alpha value is -0.610. The molecule has 1 saturated carbocycles. The monoisotopic (exact) mass is 202 g/mol. The third-order valence-electron chi connectivity index (χ3n) is 1.61. The summed E-state index contributed by atoms with van der Waals surface area (Å²) in [6.45, 7) is 0. The lowest BCUT2D eigenvalue weighted by molar-refractivity contribution is 0.0955. The maximum Gasteiger partial charge on any atom is 0.263 e. The van der Waals surface area contributed by atoms with E-state index in [2.05, 4.69) is 10.3 Å². The van der Waals surface area contributed by atoms with E-state index in [0.29, 0.717) is 15.4 Å². The average Bonchev–Trinajstić information content (AvgIpc) is 2.72. The number of rotatable bonds is 2. The zero-order chi connectivity index (χ0) is 8.55. The summed E-state index contributed by atoms with van der Waals surface area (Å²) >= 11 is 6.79. The first-order valence-electron chi connectivity index (χ1n) is 3.68. The van der Waals surface area contributed by atoms with Crippen molar-refractivity contribution < 1.29 is 4.79 Å². The first-order valence-corrected chi connectivity index (χ1v) is 4.87. The Balaban J connectivity index is 2.03. The molecule has 5 heteroatoms. The van der Waals surface area contributed by atoms with E-state index in [0.717, 1.165) is 12.8 Å². The molecule has 1 amide bonds. The molecule has 1 heterocycles. The van der Waals surface area contributed by atoms with E-state index in [1.165, 1.54) is 17.5 Å². The fourth-order valence-electron chi connectivity index (χ4n) is 0.842. The van der Waals surface area contributed by atoms with Gasteiger partial charge in [0.15, 0.2) is 4.47 Å². The van der Waals surface area contributed by atoms with Gasteiger partial charge in [0.05, 0.1) is 6.20 Å². The largest absolute Gasteiger partial charge is 0.349 e. The highest BCUT2D eigenvalue weighted by molar-refractivity contribution is 7.17. The van der Waals surface area contributed by atoms with Crippen LogP contribution in [-0.2, 0) is 0 Å². The van der Waals surface area contributed by atoms with Crippen molar-refractivity contribution in [2.75, 3.05) is 0 Å². The van der Waals surface area contributed by atoms with Gasteiger partial charge in [-0.2, -0.15) is 0 Å². The number of thiazole rings is 1. The van der Waals surface area contributed by atoms with Crippen LogP contribution in [0.15, 0.2) is 6.20 Å². The van der Waals surface area contributed by atoms with E-state index < -0.39 is 0 Å². The summed E-state index contributed by atoms with van der Waals surface area (Å²) in [5, 5.41) is 2.86. The lowest BCUT2D eigenvalue weighted by Crippen LogP contribution is -2.24. The van der Waals surface area contributed by atoms with Gasteiger partial charge in [0.25, 0.3) is 5.91 Å². The summed E-state index contributed by atoms with van der Waals surface area (Å²) in [6, 6.07) is 0.387. The Morgan fingerprint density at radius 3 is 3.00 bits per heavy atom. The highest BCUT2D eigenvalue weighted by Crippen LogP contribution is 2.22. The summed E-state index contributed by atoms with van der Waals surface area (Å²) in [6.07, 6.45) is 3.70. The molecule has 3 nitrogen and oxygen atoms in total. The second-order valence-corrected chi connectivity index (χ2v) is 4.34. The van der Waals surface area contributed by atoms with Crippen molar-refractivity contribution in [2.24, 2.45) is 0 Å². The second kappa shape index (κ2) is 3.03. The molecule has 1 aliphatic rings. The van der Waals surface area contributed by atoms with Crippen molar-refractivity contribution in [1.82, 2.24) is 10.3 Å². The van der Waals surface area contributed by atoms with Crippen LogP contribution in [-0.4, -0.2) is 16.9 Å². The number of hydrogen-bond acceptors (Lipinski definition) is 3. The molecule has 0 saturated heterocycles. The summed E-state index contributed by atoms with van der Waals surface area (Å²) in [7, 11) is 0. The number of halogens is 1. The van der Waals surface area contributed by atoms with Gasteiger partial charge in [-0.05, 0) is 12.8 Å². The molecule has 1 aliphatic carbocycles. The van der Waals surface area contributed by atoms with Crippen molar-refractivity contribution in [1.29, 1.82) is 0 Å². The number of carbonyl (C=O) groups is 1.